The number of carboxylic acids is 1. The highest BCUT2D eigenvalue weighted by atomic mass is 16.6. The average Bonchev–Trinajstić information content (AvgIpc) is 2.96. The molecule has 25 heavy (non-hydrogen) atoms. The number of carbonyl (C=O) groups is 2. The minimum Gasteiger partial charge on any atom is -0.481 e. The number of hydrogen-bond donors (Lipinski definition) is 1. The van der Waals surface area contributed by atoms with Crippen LogP contribution in [0.5, 0.6) is 5.75 Å². The van der Waals surface area contributed by atoms with E-state index >= 15 is 0 Å². The van der Waals surface area contributed by atoms with Crippen LogP contribution in [0, 0.1) is 10.1 Å². The Labute approximate surface area is 142 Å². The molecule has 3 rings (SSSR count). The summed E-state index contributed by atoms with van der Waals surface area (Å²) < 4.78 is 5.62. The van der Waals surface area contributed by atoms with Crippen LogP contribution in [0.25, 0.3) is 0 Å². The van der Waals surface area contributed by atoms with Crippen molar-refractivity contribution in [3.8, 4) is 5.75 Å². The number of non-ortho nitro benzene ring substituents is 1. The summed E-state index contributed by atoms with van der Waals surface area (Å²) in [5, 5.41) is 19.7. The normalized spacial score (nSPS) is 16.7. The van der Waals surface area contributed by atoms with E-state index in [1.165, 1.54) is 41.3 Å². The van der Waals surface area contributed by atoms with Gasteiger partial charge in [0, 0.05) is 30.8 Å². The van der Waals surface area contributed by atoms with Gasteiger partial charge in [0.25, 0.3) is 11.6 Å². The first kappa shape index (κ1) is 16.4. The minimum absolute atomic E-state index is 0.0581. The Kier molecular flexibility index (Phi) is 4.34. The first-order chi connectivity index (χ1) is 12.0. The number of nitro benzene ring substituents is 1. The van der Waals surface area contributed by atoms with Gasteiger partial charge in [-0.15, -0.1) is 0 Å². The van der Waals surface area contributed by atoms with Crippen molar-refractivity contribution in [2.45, 2.75) is 12.5 Å². The van der Waals surface area contributed by atoms with Gasteiger partial charge in [-0.2, -0.15) is 0 Å². The monoisotopic (exact) mass is 342 g/mol. The van der Waals surface area contributed by atoms with Gasteiger partial charge in [-0.3, -0.25) is 14.9 Å². The van der Waals surface area contributed by atoms with E-state index in [-0.39, 0.29) is 17.2 Å². The number of amides is 1. The zero-order valence-electron chi connectivity index (χ0n) is 13.0. The van der Waals surface area contributed by atoms with E-state index in [1.54, 1.807) is 12.1 Å². The number of nitrogens with zero attached hydrogens (tertiary/aromatic N) is 2. The summed E-state index contributed by atoms with van der Waals surface area (Å²) in [5.74, 6) is -0.974. The number of benzene rings is 2. The second kappa shape index (κ2) is 6.60. The molecular formula is C17H14N2O6. The van der Waals surface area contributed by atoms with Crippen molar-refractivity contribution in [1.82, 2.24) is 0 Å². The molecule has 0 aromatic heterocycles. The van der Waals surface area contributed by atoms with Crippen molar-refractivity contribution in [3.05, 3.63) is 64.2 Å². The number of hydrogen-bond acceptors (Lipinski definition) is 5. The summed E-state index contributed by atoms with van der Waals surface area (Å²) >= 11 is 0. The Morgan fingerprint density at radius 1 is 1.24 bits per heavy atom. The summed E-state index contributed by atoms with van der Waals surface area (Å²) in [6.07, 6.45) is -0.275. The maximum Gasteiger partial charge on any atom is 0.335 e. The maximum absolute atomic E-state index is 12.5. The Morgan fingerprint density at radius 2 is 1.96 bits per heavy atom. The van der Waals surface area contributed by atoms with Crippen LogP contribution < -0.4 is 9.64 Å². The van der Waals surface area contributed by atoms with Gasteiger partial charge >= 0.3 is 5.97 Å². The van der Waals surface area contributed by atoms with Crippen LogP contribution in [0.3, 0.4) is 0 Å². The topological polar surface area (TPSA) is 110 Å². The molecule has 1 amide bonds. The lowest BCUT2D eigenvalue weighted by Gasteiger charge is -2.17. The fraction of sp³-hybridized carbons (Fsp3) is 0.176. The summed E-state index contributed by atoms with van der Waals surface area (Å²) in [7, 11) is 0. The summed E-state index contributed by atoms with van der Waals surface area (Å²) in [6.45, 7) is 0.402. The lowest BCUT2D eigenvalue weighted by atomic mass is 10.2. The van der Waals surface area contributed by atoms with Gasteiger partial charge in [0.15, 0.2) is 6.10 Å². The molecule has 0 bridgehead atoms. The minimum atomic E-state index is -1.06. The largest absolute Gasteiger partial charge is 0.481 e. The van der Waals surface area contributed by atoms with Crippen LogP contribution in [0.4, 0.5) is 11.4 Å². The van der Waals surface area contributed by atoms with Gasteiger partial charge in [0.05, 0.1) is 10.5 Å². The second-order valence-electron chi connectivity index (χ2n) is 5.49. The SMILES string of the molecule is O=C(O)c1cccc(N2CCC(Oc3ccc([N+](=O)[O-])cc3)C2=O)c1. The molecule has 128 valence electrons. The summed E-state index contributed by atoms with van der Waals surface area (Å²) in [5.41, 5.74) is 0.543. The molecule has 1 heterocycles. The van der Waals surface area contributed by atoms with Crippen molar-refractivity contribution in [3.63, 3.8) is 0 Å². The molecule has 1 aliphatic heterocycles. The standard InChI is InChI=1S/C17H14N2O6/c20-16-15(25-14-6-4-12(5-7-14)19(23)24)8-9-18(16)13-3-1-2-11(10-13)17(21)22/h1-7,10,15H,8-9H2,(H,21,22). The molecule has 2 aromatic carbocycles. The number of aromatic carboxylic acids is 1. The highest BCUT2D eigenvalue weighted by molar-refractivity contribution is 6.00. The molecule has 1 saturated heterocycles. The van der Waals surface area contributed by atoms with Crippen molar-refractivity contribution < 1.29 is 24.4 Å². The van der Waals surface area contributed by atoms with Gasteiger partial charge in [-0.1, -0.05) is 6.07 Å². The zero-order chi connectivity index (χ0) is 18.0. The number of rotatable bonds is 5. The van der Waals surface area contributed by atoms with Gasteiger partial charge in [0.2, 0.25) is 0 Å². The van der Waals surface area contributed by atoms with Crippen molar-refractivity contribution in [1.29, 1.82) is 0 Å². The van der Waals surface area contributed by atoms with E-state index in [0.29, 0.717) is 24.4 Å². The predicted octanol–water partition coefficient (Wildman–Crippen LogP) is 2.48. The smallest absolute Gasteiger partial charge is 0.335 e. The van der Waals surface area contributed by atoms with E-state index in [9.17, 15) is 19.7 Å². The van der Waals surface area contributed by atoms with Crippen LogP contribution in [0.2, 0.25) is 0 Å². The molecule has 0 aliphatic carbocycles. The Bertz CT molecular complexity index is 833. The Hall–Kier alpha value is -3.42. The number of ether oxygens (including phenoxy) is 1. The molecule has 1 N–H and O–H groups in total. The van der Waals surface area contributed by atoms with Crippen LogP contribution >= 0.6 is 0 Å². The number of anilines is 1. The van der Waals surface area contributed by atoms with Gasteiger partial charge in [-0.25, -0.2) is 4.79 Å². The van der Waals surface area contributed by atoms with Crippen LogP contribution in [-0.2, 0) is 4.79 Å². The second-order valence-corrected chi connectivity index (χ2v) is 5.49. The lowest BCUT2D eigenvalue weighted by molar-refractivity contribution is -0.384. The van der Waals surface area contributed by atoms with Gasteiger partial charge < -0.3 is 14.7 Å². The third-order valence-corrected chi connectivity index (χ3v) is 3.89. The highest BCUT2D eigenvalue weighted by Gasteiger charge is 2.34. The molecule has 1 unspecified atom stereocenters. The number of carboxylic acid groups (broad SMARTS) is 1. The molecule has 1 atom stereocenters. The van der Waals surface area contributed by atoms with E-state index in [2.05, 4.69) is 0 Å². The third kappa shape index (κ3) is 3.42. The van der Waals surface area contributed by atoms with Crippen LogP contribution in [0.15, 0.2) is 48.5 Å². The first-order valence-electron chi connectivity index (χ1n) is 7.51. The number of carbonyl (C=O) groups excluding carboxylic acids is 1. The maximum atomic E-state index is 12.5. The molecule has 1 aliphatic rings. The Balaban J connectivity index is 1.72. The van der Waals surface area contributed by atoms with Gasteiger partial charge in [0.1, 0.15) is 5.75 Å². The fourth-order valence-corrected chi connectivity index (χ4v) is 2.64. The summed E-state index contributed by atoms with van der Waals surface area (Å²) in [6, 6.07) is 11.6. The third-order valence-electron chi connectivity index (χ3n) is 3.89. The fourth-order valence-electron chi connectivity index (χ4n) is 2.64. The van der Waals surface area contributed by atoms with Crippen LogP contribution in [-0.4, -0.2) is 34.6 Å². The molecule has 0 saturated carbocycles. The van der Waals surface area contributed by atoms with Crippen LogP contribution in [0.1, 0.15) is 16.8 Å². The number of nitro groups is 1. The van der Waals surface area contributed by atoms with Crippen molar-refractivity contribution in [2.24, 2.45) is 0 Å². The van der Waals surface area contributed by atoms with Crippen molar-refractivity contribution >= 4 is 23.3 Å². The highest BCUT2D eigenvalue weighted by Crippen LogP contribution is 2.26. The molecule has 2 aromatic rings. The van der Waals surface area contributed by atoms with Gasteiger partial charge in [-0.05, 0) is 30.3 Å². The molecular weight excluding hydrogens is 328 g/mol. The van der Waals surface area contributed by atoms with E-state index in [4.69, 9.17) is 9.84 Å². The predicted molar refractivity (Wildman–Crippen MR) is 87.9 cm³/mol. The zero-order valence-corrected chi connectivity index (χ0v) is 13.0. The summed E-state index contributed by atoms with van der Waals surface area (Å²) in [4.78, 5) is 35.2. The Morgan fingerprint density at radius 3 is 2.60 bits per heavy atom. The lowest BCUT2D eigenvalue weighted by Crippen LogP contribution is -2.32. The molecule has 8 nitrogen and oxygen atoms in total. The molecule has 8 heteroatoms. The molecule has 0 radical (unpaired) electrons. The van der Waals surface area contributed by atoms with Crippen molar-refractivity contribution in [2.75, 3.05) is 11.4 Å². The first-order valence-corrected chi connectivity index (χ1v) is 7.51. The average molecular weight is 342 g/mol. The molecule has 1 fully saturated rings. The molecule has 0 spiro atoms. The van der Waals surface area contributed by atoms with E-state index in [1.807, 2.05) is 0 Å². The van der Waals surface area contributed by atoms with E-state index in [0.717, 1.165) is 0 Å². The quantitative estimate of drug-likeness (QED) is 0.660. The van der Waals surface area contributed by atoms with E-state index < -0.39 is 17.0 Å².